The van der Waals surface area contributed by atoms with Crippen molar-refractivity contribution in [2.75, 3.05) is 19.8 Å². The highest BCUT2D eigenvalue weighted by molar-refractivity contribution is 6.04. The minimum absolute atomic E-state index is 0.0509. The molecule has 2 aliphatic rings. The van der Waals surface area contributed by atoms with E-state index in [0.29, 0.717) is 13.0 Å². The summed E-state index contributed by atoms with van der Waals surface area (Å²) in [7, 11) is 0. The SMILES string of the molecule is CCOC(=O)C1(CC2CCC(C)O2)COCCC1=O. The van der Waals surface area contributed by atoms with E-state index in [0.717, 1.165) is 12.8 Å². The Morgan fingerprint density at radius 1 is 1.47 bits per heavy atom. The first-order valence-corrected chi connectivity index (χ1v) is 7.02. The lowest BCUT2D eigenvalue weighted by atomic mass is 9.76. The fourth-order valence-electron chi connectivity index (χ4n) is 2.85. The van der Waals surface area contributed by atoms with E-state index in [1.807, 2.05) is 6.92 Å². The van der Waals surface area contributed by atoms with Crippen molar-refractivity contribution in [3.8, 4) is 0 Å². The second kappa shape index (κ2) is 6.01. The number of carbonyl (C=O) groups excluding carboxylic acids is 2. The quantitative estimate of drug-likeness (QED) is 0.572. The van der Waals surface area contributed by atoms with Crippen LogP contribution >= 0.6 is 0 Å². The molecule has 0 aliphatic carbocycles. The normalized spacial score (nSPS) is 35.4. The van der Waals surface area contributed by atoms with Gasteiger partial charge in [-0.15, -0.1) is 0 Å². The van der Waals surface area contributed by atoms with E-state index in [4.69, 9.17) is 14.2 Å². The summed E-state index contributed by atoms with van der Waals surface area (Å²) >= 11 is 0. The topological polar surface area (TPSA) is 61.8 Å². The number of carbonyl (C=O) groups is 2. The predicted octanol–water partition coefficient (Wildman–Crippen LogP) is 1.48. The fraction of sp³-hybridized carbons (Fsp3) is 0.857. The molecular weight excluding hydrogens is 248 g/mol. The molecule has 0 aromatic heterocycles. The van der Waals surface area contributed by atoms with Crippen molar-refractivity contribution in [1.29, 1.82) is 0 Å². The van der Waals surface area contributed by atoms with E-state index < -0.39 is 11.4 Å². The van der Waals surface area contributed by atoms with Crippen LogP contribution in [0.25, 0.3) is 0 Å². The van der Waals surface area contributed by atoms with Crippen molar-refractivity contribution < 1.29 is 23.8 Å². The van der Waals surface area contributed by atoms with Gasteiger partial charge in [-0.05, 0) is 33.1 Å². The van der Waals surface area contributed by atoms with Gasteiger partial charge in [0.2, 0.25) is 0 Å². The van der Waals surface area contributed by atoms with Crippen molar-refractivity contribution in [3.05, 3.63) is 0 Å². The van der Waals surface area contributed by atoms with Crippen molar-refractivity contribution in [2.45, 2.75) is 51.7 Å². The van der Waals surface area contributed by atoms with Crippen molar-refractivity contribution in [3.63, 3.8) is 0 Å². The van der Waals surface area contributed by atoms with E-state index >= 15 is 0 Å². The number of hydrogen-bond donors (Lipinski definition) is 0. The molecule has 5 heteroatoms. The number of Topliss-reactive ketones (excluding diaryl/α,β-unsaturated/α-hetero) is 1. The minimum Gasteiger partial charge on any atom is -0.465 e. The molecule has 0 amide bonds. The van der Waals surface area contributed by atoms with Gasteiger partial charge in [0.05, 0.1) is 32.0 Å². The molecular formula is C14H22O5. The lowest BCUT2D eigenvalue weighted by molar-refractivity contribution is -0.172. The van der Waals surface area contributed by atoms with Gasteiger partial charge < -0.3 is 14.2 Å². The van der Waals surface area contributed by atoms with Crippen molar-refractivity contribution >= 4 is 11.8 Å². The Labute approximate surface area is 113 Å². The molecule has 2 heterocycles. The maximum atomic E-state index is 12.3. The summed E-state index contributed by atoms with van der Waals surface area (Å²) in [5.74, 6) is -0.525. The lowest BCUT2D eigenvalue weighted by Gasteiger charge is -2.34. The number of ketones is 1. The highest BCUT2D eigenvalue weighted by atomic mass is 16.5. The minimum atomic E-state index is -1.15. The molecule has 3 atom stereocenters. The van der Waals surface area contributed by atoms with Gasteiger partial charge >= 0.3 is 5.97 Å². The van der Waals surface area contributed by atoms with Crippen LogP contribution in [0.3, 0.4) is 0 Å². The zero-order chi connectivity index (χ0) is 13.9. The van der Waals surface area contributed by atoms with Crippen LogP contribution in [-0.4, -0.2) is 43.8 Å². The largest absolute Gasteiger partial charge is 0.465 e. The molecule has 5 nitrogen and oxygen atoms in total. The Kier molecular flexibility index (Phi) is 4.58. The van der Waals surface area contributed by atoms with Crippen LogP contribution in [0.5, 0.6) is 0 Å². The molecule has 2 aliphatic heterocycles. The number of rotatable bonds is 4. The third kappa shape index (κ3) is 2.98. The molecule has 0 aromatic carbocycles. The van der Waals surface area contributed by atoms with Crippen molar-refractivity contribution in [2.24, 2.45) is 5.41 Å². The van der Waals surface area contributed by atoms with Gasteiger partial charge in [-0.3, -0.25) is 9.59 Å². The second-order valence-corrected chi connectivity index (χ2v) is 5.38. The average molecular weight is 270 g/mol. The summed E-state index contributed by atoms with van der Waals surface area (Å²) in [5, 5.41) is 0. The molecule has 0 bridgehead atoms. The zero-order valence-electron chi connectivity index (χ0n) is 11.6. The molecule has 0 N–H and O–H groups in total. The molecule has 0 radical (unpaired) electrons. The third-order valence-corrected chi connectivity index (χ3v) is 3.92. The first-order valence-electron chi connectivity index (χ1n) is 7.02. The van der Waals surface area contributed by atoms with Crippen LogP contribution < -0.4 is 0 Å². The van der Waals surface area contributed by atoms with Crippen LogP contribution in [0.15, 0.2) is 0 Å². The Bertz CT molecular complexity index is 354. The first kappa shape index (κ1) is 14.5. The lowest BCUT2D eigenvalue weighted by Crippen LogP contribution is -2.50. The number of ether oxygens (including phenoxy) is 3. The monoisotopic (exact) mass is 270 g/mol. The number of hydrogen-bond acceptors (Lipinski definition) is 5. The summed E-state index contributed by atoms with van der Waals surface area (Å²) < 4.78 is 16.2. The van der Waals surface area contributed by atoms with Gasteiger partial charge in [0.15, 0.2) is 11.2 Å². The smallest absolute Gasteiger partial charge is 0.322 e. The molecule has 3 unspecified atom stereocenters. The number of esters is 1. The van der Waals surface area contributed by atoms with Gasteiger partial charge in [0, 0.05) is 6.42 Å². The maximum absolute atomic E-state index is 12.3. The van der Waals surface area contributed by atoms with Crippen LogP contribution in [0.2, 0.25) is 0 Å². The fourth-order valence-corrected chi connectivity index (χ4v) is 2.85. The van der Waals surface area contributed by atoms with E-state index in [1.54, 1.807) is 6.92 Å². The van der Waals surface area contributed by atoms with Gasteiger partial charge in [-0.1, -0.05) is 0 Å². The Balaban J connectivity index is 2.13. The molecule has 2 saturated heterocycles. The summed E-state index contributed by atoms with van der Waals surface area (Å²) in [6.45, 7) is 4.54. The second-order valence-electron chi connectivity index (χ2n) is 5.38. The van der Waals surface area contributed by atoms with Crippen LogP contribution in [0, 0.1) is 5.41 Å². The van der Waals surface area contributed by atoms with Gasteiger partial charge in [0.1, 0.15) is 0 Å². The first-order chi connectivity index (χ1) is 9.08. The summed E-state index contributed by atoms with van der Waals surface area (Å²) in [5.41, 5.74) is -1.15. The van der Waals surface area contributed by atoms with E-state index in [1.165, 1.54) is 0 Å². The maximum Gasteiger partial charge on any atom is 0.322 e. The van der Waals surface area contributed by atoms with Gasteiger partial charge in [0.25, 0.3) is 0 Å². The Morgan fingerprint density at radius 3 is 2.84 bits per heavy atom. The highest BCUT2D eigenvalue weighted by Gasteiger charge is 2.51. The van der Waals surface area contributed by atoms with E-state index in [-0.39, 0.29) is 37.6 Å². The summed E-state index contributed by atoms with van der Waals surface area (Å²) in [6.07, 6.45) is 2.67. The molecule has 0 saturated carbocycles. The standard InChI is InChI=1S/C14H22O5/c1-3-18-13(16)14(9-17-7-6-12(14)15)8-11-5-4-10(2)19-11/h10-11H,3-9H2,1-2H3. The predicted molar refractivity (Wildman–Crippen MR) is 67.7 cm³/mol. The van der Waals surface area contributed by atoms with Crippen LogP contribution in [0.1, 0.15) is 39.5 Å². The van der Waals surface area contributed by atoms with Crippen molar-refractivity contribution in [1.82, 2.24) is 0 Å². The van der Waals surface area contributed by atoms with Gasteiger partial charge in [-0.25, -0.2) is 0 Å². The van der Waals surface area contributed by atoms with E-state index in [2.05, 4.69) is 0 Å². The summed E-state index contributed by atoms with van der Waals surface area (Å²) in [4.78, 5) is 24.5. The third-order valence-electron chi connectivity index (χ3n) is 3.92. The van der Waals surface area contributed by atoms with E-state index in [9.17, 15) is 9.59 Å². The average Bonchev–Trinajstić information content (AvgIpc) is 2.78. The Hall–Kier alpha value is -0.940. The zero-order valence-corrected chi connectivity index (χ0v) is 11.6. The molecule has 2 rings (SSSR count). The highest BCUT2D eigenvalue weighted by Crippen LogP contribution is 2.36. The van der Waals surface area contributed by atoms with Gasteiger partial charge in [-0.2, -0.15) is 0 Å². The molecule has 0 aromatic rings. The molecule has 19 heavy (non-hydrogen) atoms. The van der Waals surface area contributed by atoms with Crippen LogP contribution in [-0.2, 0) is 23.8 Å². The Morgan fingerprint density at radius 2 is 2.26 bits per heavy atom. The summed E-state index contributed by atoms with van der Waals surface area (Å²) in [6, 6.07) is 0. The molecule has 0 spiro atoms. The van der Waals surface area contributed by atoms with Crippen LogP contribution in [0.4, 0.5) is 0 Å². The molecule has 2 fully saturated rings. The molecule has 108 valence electrons.